The highest BCUT2D eigenvalue weighted by molar-refractivity contribution is 7.85. The second-order valence-corrected chi connectivity index (χ2v) is 6.93. The van der Waals surface area contributed by atoms with E-state index >= 15 is 0 Å². The zero-order valence-corrected chi connectivity index (χ0v) is 13.7. The first-order valence-corrected chi connectivity index (χ1v) is 8.86. The minimum absolute atomic E-state index is 0.356. The van der Waals surface area contributed by atoms with Gasteiger partial charge in [-0.15, -0.1) is 0 Å². The van der Waals surface area contributed by atoms with Gasteiger partial charge < -0.3 is 17.2 Å². The van der Waals surface area contributed by atoms with Crippen molar-refractivity contribution in [2.45, 2.75) is 13.8 Å². The molecule has 0 radical (unpaired) electrons. The number of rotatable bonds is 0. The Hall–Kier alpha value is -1.63. The topological polar surface area (TPSA) is 200 Å². The summed E-state index contributed by atoms with van der Waals surface area (Å²) in [5, 5.41) is 0. The summed E-state index contributed by atoms with van der Waals surface area (Å²) in [6.45, 7) is 3.63. The summed E-state index contributed by atoms with van der Waals surface area (Å²) in [6, 6.07) is 0. The van der Waals surface area contributed by atoms with Crippen molar-refractivity contribution in [3.8, 4) is 0 Å². The molecule has 21 heavy (non-hydrogen) atoms. The third-order valence-electron chi connectivity index (χ3n) is 1.76. The van der Waals surface area contributed by atoms with E-state index in [2.05, 4.69) is 4.98 Å². The highest BCUT2D eigenvalue weighted by Crippen LogP contribution is 2.24. The van der Waals surface area contributed by atoms with E-state index in [-0.39, 0.29) is 0 Å². The van der Waals surface area contributed by atoms with Crippen molar-refractivity contribution >= 4 is 37.4 Å². The Bertz CT molecular complexity index is 612. The number of hydrogen-bond acceptors (Lipinski definition) is 8. The van der Waals surface area contributed by atoms with Gasteiger partial charge in [0.1, 0.15) is 5.82 Å². The van der Waals surface area contributed by atoms with Gasteiger partial charge in [-0.2, -0.15) is 16.8 Å². The third kappa shape index (κ3) is 14.6. The van der Waals surface area contributed by atoms with Crippen LogP contribution in [0.5, 0.6) is 0 Å². The van der Waals surface area contributed by atoms with Crippen molar-refractivity contribution in [2.24, 2.45) is 0 Å². The summed E-state index contributed by atoms with van der Waals surface area (Å²) in [5.41, 5.74) is 19.4. The molecule has 12 heteroatoms. The summed E-state index contributed by atoms with van der Waals surface area (Å²) in [7, 11) is -7.33. The fourth-order valence-corrected chi connectivity index (χ4v) is 0.910. The van der Waals surface area contributed by atoms with Gasteiger partial charge in [0.2, 0.25) is 0 Å². The number of nitrogens with two attached hydrogens (primary N) is 3. The Balaban J connectivity index is 0. The quantitative estimate of drug-likeness (QED) is 0.380. The summed E-state index contributed by atoms with van der Waals surface area (Å²) < 4.78 is 51.7. The largest absolute Gasteiger partial charge is 0.397 e. The predicted octanol–water partition coefficient (Wildman–Crippen LogP) is -0.547. The SMILES string of the molecule is CS(=O)(=O)O.CS(=O)(=O)O.Cc1nc(N)c(N)c(C)c1N. The van der Waals surface area contributed by atoms with Crippen LogP contribution >= 0.6 is 0 Å². The molecule has 0 amide bonds. The van der Waals surface area contributed by atoms with Crippen molar-refractivity contribution in [1.29, 1.82) is 0 Å². The highest BCUT2D eigenvalue weighted by Gasteiger charge is 2.06. The van der Waals surface area contributed by atoms with Crippen LogP contribution in [0, 0.1) is 13.8 Å². The van der Waals surface area contributed by atoms with E-state index < -0.39 is 20.2 Å². The van der Waals surface area contributed by atoms with E-state index in [0.717, 1.165) is 11.3 Å². The summed E-state index contributed by atoms with van der Waals surface area (Å²) in [6.07, 6.45) is 1.43. The number of pyridine rings is 1. The van der Waals surface area contributed by atoms with Gasteiger partial charge in [0, 0.05) is 5.56 Å². The van der Waals surface area contributed by atoms with Crippen LogP contribution in [0.25, 0.3) is 0 Å². The van der Waals surface area contributed by atoms with Crippen molar-refractivity contribution in [2.75, 3.05) is 29.7 Å². The normalized spacial score (nSPS) is 10.8. The number of hydrogen-bond donors (Lipinski definition) is 5. The molecule has 124 valence electrons. The van der Waals surface area contributed by atoms with Crippen LogP contribution in [0.1, 0.15) is 11.3 Å². The number of nitrogen functional groups attached to an aromatic ring is 3. The molecule has 0 atom stereocenters. The van der Waals surface area contributed by atoms with E-state index in [1.807, 2.05) is 6.92 Å². The second-order valence-electron chi connectivity index (χ2n) is 4.00. The molecular formula is C9H20N4O6S2. The zero-order chi connectivity index (χ0) is 17.6. The monoisotopic (exact) mass is 344 g/mol. The first-order valence-electron chi connectivity index (χ1n) is 5.16. The van der Waals surface area contributed by atoms with Crippen molar-refractivity contribution in [3.05, 3.63) is 11.3 Å². The van der Waals surface area contributed by atoms with Crippen LogP contribution in [-0.4, -0.2) is 43.4 Å². The molecule has 0 bridgehead atoms. The molecule has 1 heterocycles. The van der Waals surface area contributed by atoms with Crippen LogP contribution < -0.4 is 17.2 Å². The Kier molecular flexibility index (Phi) is 8.22. The molecule has 0 saturated carbocycles. The van der Waals surface area contributed by atoms with Crippen molar-refractivity contribution in [1.82, 2.24) is 4.98 Å². The van der Waals surface area contributed by atoms with Gasteiger partial charge in [0.05, 0.1) is 29.6 Å². The number of aromatic nitrogens is 1. The predicted molar refractivity (Wildman–Crippen MR) is 81.9 cm³/mol. The molecule has 0 saturated heterocycles. The Labute approximate surface area is 123 Å². The Morgan fingerprint density at radius 1 is 0.857 bits per heavy atom. The molecule has 0 aromatic carbocycles. The molecule has 0 aliphatic carbocycles. The molecule has 0 unspecified atom stereocenters. The molecule has 1 aromatic rings. The van der Waals surface area contributed by atoms with E-state index in [9.17, 15) is 16.8 Å². The average Bonchev–Trinajstić information content (AvgIpc) is 2.19. The first kappa shape index (κ1) is 21.7. The highest BCUT2D eigenvalue weighted by atomic mass is 32.2. The van der Waals surface area contributed by atoms with Crippen molar-refractivity contribution < 1.29 is 25.9 Å². The first-order chi connectivity index (χ1) is 9.04. The van der Waals surface area contributed by atoms with Gasteiger partial charge in [-0.25, -0.2) is 4.98 Å². The molecule has 8 N–H and O–H groups in total. The maximum atomic E-state index is 9.19. The average molecular weight is 344 g/mol. The molecule has 1 aromatic heterocycles. The second kappa shape index (κ2) is 7.97. The molecule has 0 aliphatic heterocycles. The number of nitrogens with zero attached hydrogens (tertiary/aromatic N) is 1. The van der Waals surface area contributed by atoms with Gasteiger partial charge in [0.25, 0.3) is 20.2 Å². The number of aryl methyl sites for hydroxylation is 1. The molecule has 1 rings (SSSR count). The molecular weight excluding hydrogens is 324 g/mol. The molecule has 0 fully saturated rings. The van der Waals surface area contributed by atoms with Crippen LogP contribution in [-0.2, 0) is 20.2 Å². The van der Waals surface area contributed by atoms with Crippen LogP contribution in [0.15, 0.2) is 0 Å². The maximum absolute atomic E-state index is 9.19. The third-order valence-corrected chi connectivity index (χ3v) is 1.76. The minimum atomic E-state index is -3.67. The Morgan fingerprint density at radius 2 is 1.14 bits per heavy atom. The minimum Gasteiger partial charge on any atom is -0.397 e. The standard InChI is InChI=1S/C7H12N4.2CH4O3S/c1-3-5(8)4(2)11-7(10)6(3)9;2*1-5(2,3)4/h8-9H2,1-2H3,(H2,10,11);2*1H3,(H,2,3,4). The fourth-order valence-electron chi connectivity index (χ4n) is 0.910. The lowest BCUT2D eigenvalue weighted by Crippen LogP contribution is -2.06. The molecule has 0 aliphatic rings. The van der Waals surface area contributed by atoms with Crippen LogP contribution in [0.2, 0.25) is 0 Å². The fraction of sp³-hybridized carbons (Fsp3) is 0.444. The smallest absolute Gasteiger partial charge is 0.261 e. The van der Waals surface area contributed by atoms with Crippen molar-refractivity contribution in [3.63, 3.8) is 0 Å². The molecule has 10 nitrogen and oxygen atoms in total. The number of anilines is 3. The van der Waals surface area contributed by atoms with Crippen LogP contribution in [0.3, 0.4) is 0 Å². The summed E-state index contributed by atoms with van der Waals surface area (Å²) >= 11 is 0. The van der Waals surface area contributed by atoms with E-state index in [1.54, 1.807) is 6.92 Å². The van der Waals surface area contributed by atoms with Gasteiger partial charge in [0.15, 0.2) is 0 Å². The maximum Gasteiger partial charge on any atom is 0.261 e. The van der Waals surface area contributed by atoms with Gasteiger partial charge in [-0.1, -0.05) is 0 Å². The summed E-state index contributed by atoms with van der Waals surface area (Å²) in [5.74, 6) is 0.356. The van der Waals surface area contributed by atoms with Gasteiger partial charge in [-0.05, 0) is 13.8 Å². The zero-order valence-electron chi connectivity index (χ0n) is 12.0. The molecule has 0 spiro atoms. The van der Waals surface area contributed by atoms with E-state index in [4.69, 9.17) is 26.3 Å². The van der Waals surface area contributed by atoms with Crippen LogP contribution in [0.4, 0.5) is 17.2 Å². The van der Waals surface area contributed by atoms with E-state index in [0.29, 0.717) is 29.7 Å². The van der Waals surface area contributed by atoms with Gasteiger partial charge in [-0.3, -0.25) is 9.11 Å². The Morgan fingerprint density at radius 3 is 1.43 bits per heavy atom. The van der Waals surface area contributed by atoms with Gasteiger partial charge >= 0.3 is 0 Å². The lowest BCUT2D eigenvalue weighted by molar-refractivity contribution is 0.488. The summed E-state index contributed by atoms with van der Waals surface area (Å²) in [4.78, 5) is 3.96. The van der Waals surface area contributed by atoms with E-state index in [1.165, 1.54) is 0 Å². The lowest BCUT2D eigenvalue weighted by Gasteiger charge is -2.08. The lowest BCUT2D eigenvalue weighted by atomic mass is 10.1.